The number of hydrogen-bond donors (Lipinski definition) is 0. The number of methoxy groups -OCH3 is 1. The lowest BCUT2D eigenvalue weighted by atomic mass is 10.1. The highest BCUT2D eigenvalue weighted by atomic mass is 79.9. The third-order valence-electron chi connectivity index (χ3n) is 2.07. The number of rotatable bonds is 6. The standard InChI is InChI=1S/C10H21BrO2/c1-9(2,12-5)6-7-13-10(3,4)8-11/h6-8H2,1-5H3. The molecule has 0 saturated heterocycles. The minimum atomic E-state index is -0.0810. The molecule has 0 heterocycles. The summed E-state index contributed by atoms with van der Waals surface area (Å²) < 4.78 is 11.0. The van der Waals surface area contributed by atoms with Gasteiger partial charge in [0.15, 0.2) is 0 Å². The van der Waals surface area contributed by atoms with Gasteiger partial charge in [0.1, 0.15) is 0 Å². The molecule has 0 rings (SSSR count). The fourth-order valence-electron chi connectivity index (χ4n) is 0.714. The second-order valence-electron chi connectivity index (χ2n) is 4.46. The molecule has 3 heteroatoms. The highest BCUT2D eigenvalue weighted by Gasteiger charge is 2.20. The summed E-state index contributed by atoms with van der Waals surface area (Å²) in [5.74, 6) is 0. The maximum atomic E-state index is 5.69. The molecule has 0 saturated carbocycles. The first-order valence-electron chi connectivity index (χ1n) is 4.58. The Hall–Kier alpha value is 0.400. The Kier molecular flexibility index (Phi) is 5.49. The number of halogens is 1. The lowest BCUT2D eigenvalue weighted by molar-refractivity contribution is -0.0477. The van der Waals surface area contributed by atoms with Crippen LogP contribution >= 0.6 is 15.9 Å². The Balaban J connectivity index is 3.68. The topological polar surface area (TPSA) is 18.5 Å². The van der Waals surface area contributed by atoms with Crippen molar-refractivity contribution in [2.24, 2.45) is 0 Å². The van der Waals surface area contributed by atoms with Gasteiger partial charge in [-0.15, -0.1) is 0 Å². The van der Waals surface area contributed by atoms with Gasteiger partial charge in [-0.05, 0) is 34.1 Å². The second-order valence-corrected chi connectivity index (χ2v) is 5.02. The molecule has 0 unspecified atom stereocenters. The normalized spacial score (nSPS) is 13.4. The summed E-state index contributed by atoms with van der Waals surface area (Å²) in [5.41, 5.74) is -0.161. The maximum absolute atomic E-state index is 5.69. The van der Waals surface area contributed by atoms with Crippen LogP contribution in [0.15, 0.2) is 0 Å². The zero-order valence-electron chi connectivity index (χ0n) is 9.32. The van der Waals surface area contributed by atoms with Crippen LogP contribution < -0.4 is 0 Å². The number of ether oxygens (including phenoxy) is 2. The van der Waals surface area contributed by atoms with Gasteiger partial charge in [-0.25, -0.2) is 0 Å². The molecule has 0 atom stereocenters. The van der Waals surface area contributed by atoms with E-state index in [1.807, 2.05) is 0 Å². The van der Waals surface area contributed by atoms with Crippen LogP contribution in [0.2, 0.25) is 0 Å². The predicted molar refractivity (Wildman–Crippen MR) is 59.5 cm³/mol. The maximum Gasteiger partial charge on any atom is 0.0722 e. The van der Waals surface area contributed by atoms with Gasteiger partial charge in [0.05, 0.1) is 17.8 Å². The Morgan fingerprint density at radius 1 is 1.08 bits per heavy atom. The van der Waals surface area contributed by atoms with E-state index in [9.17, 15) is 0 Å². The van der Waals surface area contributed by atoms with Crippen LogP contribution in [0.25, 0.3) is 0 Å². The van der Waals surface area contributed by atoms with Crippen LogP contribution in [0.4, 0.5) is 0 Å². The highest BCUT2D eigenvalue weighted by molar-refractivity contribution is 9.09. The summed E-state index contributed by atoms with van der Waals surface area (Å²) in [6.45, 7) is 9.01. The first-order chi connectivity index (χ1) is 5.83. The van der Waals surface area contributed by atoms with E-state index in [1.165, 1.54) is 0 Å². The van der Waals surface area contributed by atoms with Crippen LogP contribution in [0.1, 0.15) is 34.1 Å². The van der Waals surface area contributed by atoms with E-state index >= 15 is 0 Å². The van der Waals surface area contributed by atoms with Crippen LogP contribution in [-0.4, -0.2) is 30.2 Å². The molecule has 2 nitrogen and oxygen atoms in total. The predicted octanol–water partition coefficient (Wildman–Crippen LogP) is 2.99. The van der Waals surface area contributed by atoms with Crippen molar-refractivity contribution in [3.05, 3.63) is 0 Å². The monoisotopic (exact) mass is 252 g/mol. The largest absolute Gasteiger partial charge is 0.379 e. The summed E-state index contributed by atoms with van der Waals surface area (Å²) in [6.07, 6.45) is 0.917. The molecule has 0 aliphatic rings. The van der Waals surface area contributed by atoms with E-state index in [2.05, 4.69) is 43.6 Å². The molecule has 80 valence electrons. The number of hydrogen-bond acceptors (Lipinski definition) is 2. The molecular formula is C10H21BrO2. The van der Waals surface area contributed by atoms with Gasteiger partial charge in [0.2, 0.25) is 0 Å². The molecule has 0 amide bonds. The van der Waals surface area contributed by atoms with Gasteiger partial charge < -0.3 is 9.47 Å². The fraction of sp³-hybridized carbons (Fsp3) is 1.00. The van der Waals surface area contributed by atoms with Crippen molar-refractivity contribution >= 4 is 15.9 Å². The summed E-state index contributed by atoms with van der Waals surface area (Å²) in [7, 11) is 1.73. The SMILES string of the molecule is COC(C)(C)CCOC(C)(C)CBr. The average molecular weight is 253 g/mol. The van der Waals surface area contributed by atoms with Crippen molar-refractivity contribution < 1.29 is 9.47 Å². The molecule has 0 spiro atoms. The molecule has 0 N–H and O–H groups in total. The van der Waals surface area contributed by atoms with Gasteiger partial charge in [0.25, 0.3) is 0 Å². The molecule has 0 aliphatic heterocycles. The van der Waals surface area contributed by atoms with E-state index in [1.54, 1.807) is 7.11 Å². The summed E-state index contributed by atoms with van der Waals surface area (Å²) in [5, 5.41) is 0.855. The van der Waals surface area contributed by atoms with E-state index < -0.39 is 0 Å². The van der Waals surface area contributed by atoms with E-state index in [-0.39, 0.29) is 11.2 Å². The highest BCUT2D eigenvalue weighted by Crippen LogP contribution is 2.17. The average Bonchev–Trinajstić information content (AvgIpc) is 2.04. The first kappa shape index (κ1) is 13.4. The zero-order chi connectivity index (χ0) is 10.5. The van der Waals surface area contributed by atoms with Crippen molar-refractivity contribution in [1.82, 2.24) is 0 Å². The molecule has 0 bridgehead atoms. The van der Waals surface area contributed by atoms with Crippen molar-refractivity contribution in [3.63, 3.8) is 0 Å². The molecule has 0 aromatic carbocycles. The minimum absolute atomic E-state index is 0.0795. The third kappa shape index (κ3) is 6.47. The Labute approximate surface area is 90.1 Å². The smallest absolute Gasteiger partial charge is 0.0722 e. The van der Waals surface area contributed by atoms with Gasteiger partial charge in [-0.3, -0.25) is 0 Å². The molecule has 0 aromatic rings. The van der Waals surface area contributed by atoms with Crippen LogP contribution in [0, 0.1) is 0 Å². The Bertz CT molecular complexity index is 128. The Morgan fingerprint density at radius 3 is 2.00 bits per heavy atom. The molecule has 0 fully saturated rings. The van der Waals surface area contributed by atoms with E-state index in [4.69, 9.17) is 9.47 Å². The van der Waals surface area contributed by atoms with Gasteiger partial charge in [0, 0.05) is 12.4 Å². The Morgan fingerprint density at radius 2 is 1.62 bits per heavy atom. The summed E-state index contributed by atoms with van der Waals surface area (Å²) in [4.78, 5) is 0. The van der Waals surface area contributed by atoms with Crippen LogP contribution in [0.5, 0.6) is 0 Å². The van der Waals surface area contributed by atoms with Crippen LogP contribution in [-0.2, 0) is 9.47 Å². The van der Waals surface area contributed by atoms with Gasteiger partial charge in [-0.2, -0.15) is 0 Å². The molecule has 0 radical (unpaired) electrons. The summed E-state index contributed by atoms with van der Waals surface area (Å²) in [6, 6.07) is 0. The van der Waals surface area contributed by atoms with E-state index in [0.717, 1.165) is 18.4 Å². The molecule has 0 aromatic heterocycles. The second kappa shape index (κ2) is 5.32. The molecule has 13 heavy (non-hydrogen) atoms. The molecule has 0 aliphatic carbocycles. The van der Waals surface area contributed by atoms with Gasteiger partial charge >= 0.3 is 0 Å². The lowest BCUT2D eigenvalue weighted by Gasteiger charge is -2.27. The van der Waals surface area contributed by atoms with Crippen molar-refractivity contribution in [3.8, 4) is 0 Å². The number of alkyl halides is 1. The van der Waals surface area contributed by atoms with E-state index in [0.29, 0.717) is 0 Å². The fourth-order valence-corrected chi connectivity index (χ4v) is 0.876. The summed E-state index contributed by atoms with van der Waals surface area (Å²) >= 11 is 3.41. The third-order valence-corrected chi connectivity index (χ3v) is 3.42. The first-order valence-corrected chi connectivity index (χ1v) is 5.70. The molecular weight excluding hydrogens is 232 g/mol. The van der Waals surface area contributed by atoms with Crippen molar-refractivity contribution in [2.75, 3.05) is 19.0 Å². The van der Waals surface area contributed by atoms with Gasteiger partial charge in [-0.1, -0.05) is 15.9 Å². The minimum Gasteiger partial charge on any atom is -0.379 e. The van der Waals surface area contributed by atoms with Crippen molar-refractivity contribution in [1.29, 1.82) is 0 Å². The lowest BCUT2D eigenvalue weighted by Crippen LogP contribution is -2.31. The van der Waals surface area contributed by atoms with Crippen LogP contribution in [0.3, 0.4) is 0 Å². The zero-order valence-corrected chi connectivity index (χ0v) is 10.9. The quantitative estimate of drug-likeness (QED) is 0.677. The van der Waals surface area contributed by atoms with Crippen molar-refractivity contribution in [2.45, 2.75) is 45.3 Å².